The number of aromatic amines is 1. The van der Waals surface area contributed by atoms with Crippen molar-refractivity contribution in [2.45, 2.75) is 51.0 Å². The first-order chi connectivity index (χ1) is 9.33. The highest BCUT2D eigenvalue weighted by atomic mass is 16.1. The number of hydrogen-bond acceptors (Lipinski definition) is 4. The Morgan fingerprint density at radius 2 is 1.89 bits per heavy atom. The first kappa shape index (κ1) is 12.7. The molecule has 0 bridgehead atoms. The highest BCUT2D eigenvalue weighted by molar-refractivity contribution is 5.47. The number of nitrogens with zero attached hydrogens (tertiary/aromatic N) is 1. The topological polar surface area (TPSA) is 69.8 Å². The average Bonchev–Trinajstić information content (AvgIpc) is 2.65. The maximum absolute atomic E-state index is 11.7. The van der Waals surface area contributed by atoms with Crippen LogP contribution in [0.3, 0.4) is 0 Å². The van der Waals surface area contributed by atoms with Crippen LogP contribution in [0.2, 0.25) is 0 Å². The van der Waals surface area contributed by atoms with Crippen LogP contribution in [0.25, 0.3) is 0 Å². The van der Waals surface area contributed by atoms with E-state index in [4.69, 9.17) is 0 Å². The summed E-state index contributed by atoms with van der Waals surface area (Å²) in [6.07, 6.45) is 8.11. The summed E-state index contributed by atoms with van der Waals surface area (Å²) in [5, 5.41) is 6.89. The number of hydrogen-bond donors (Lipinski definition) is 3. The summed E-state index contributed by atoms with van der Waals surface area (Å²) in [6, 6.07) is 0.489. The van der Waals surface area contributed by atoms with Gasteiger partial charge in [0, 0.05) is 30.3 Å². The number of H-pyrrole nitrogens is 1. The predicted octanol–water partition coefficient (Wildman–Crippen LogP) is 1.20. The van der Waals surface area contributed by atoms with E-state index in [2.05, 4.69) is 20.6 Å². The molecule has 1 saturated carbocycles. The molecule has 0 saturated heterocycles. The number of anilines is 1. The molecule has 0 spiro atoms. The second-order valence-corrected chi connectivity index (χ2v) is 5.58. The minimum Gasteiger partial charge on any atom is -0.367 e. The number of nitrogens with one attached hydrogen (secondary N) is 3. The van der Waals surface area contributed by atoms with Crippen LogP contribution in [-0.4, -0.2) is 29.1 Å². The van der Waals surface area contributed by atoms with E-state index < -0.39 is 0 Å². The van der Waals surface area contributed by atoms with E-state index in [1.165, 1.54) is 37.7 Å². The van der Waals surface area contributed by atoms with Crippen LogP contribution in [0.4, 0.5) is 5.82 Å². The fourth-order valence-corrected chi connectivity index (χ4v) is 3.14. The van der Waals surface area contributed by atoms with Crippen molar-refractivity contribution in [1.82, 2.24) is 15.3 Å². The zero-order valence-corrected chi connectivity index (χ0v) is 11.3. The summed E-state index contributed by atoms with van der Waals surface area (Å²) in [7, 11) is 0. The van der Waals surface area contributed by atoms with E-state index in [9.17, 15) is 4.79 Å². The molecule has 1 aliphatic carbocycles. The molecular weight excluding hydrogens is 240 g/mol. The van der Waals surface area contributed by atoms with Gasteiger partial charge < -0.3 is 15.6 Å². The zero-order valence-electron chi connectivity index (χ0n) is 11.3. The Morgan fingerprint density at radius 3 is 2.74 bits per heavy atom. The van der Waals surface area contributed by atoms with Gasteiger partial charge >= 0.3 is 5.69 Å². The monoisotopic (exact) mass is 262 g/mol. The van der Waals surface area contributed by atoms with Gasteiger partial charge in [-0.3, -0.25) is 0 Å². The second-order valence-electron chi connectivity index (χ2n) is 5.58. The molecule has 1 aromatic heterocycles. The van der Waals surface area contributed by atoms with Crippen molar-refractivity contribution in [1.29, 1.82) is 0 Å². The molecule has 104 valence electrons. The molecule has 0 amide bonds. The summed E-state index contributed by atoms with van der Waals surface area (Å²) < 4.78 is 0. The number of fused-ring (bicyclic) bond motifs is 1. The van der Waals surface area contributed by atoms with Gasteiger partial charge in [-0.1, -0.05) is 19.3 Å². The van der Waals surface area contributed by atoms with Crippen molar-refractivity contribution in [2.75, 3.05) is 18.4 Å². The molecule has 1 aromatic rings. The number of aromatic nitrogens is 2. The molecule has 1 fully saturated rings. The van der Waals surface area contributed by atoms with Crippen molar-refractivity contribution >= 4 is 5.82 Å². The molecular formula is C14H22N4O. The largest absolute Gasteiger partial charge is 0.367 e. The lowest BCUT2D eigenvalue weighted by Gasteiger charge is -2.24. The molecule has 5 nitrogen and oxygen atoms in total. The van der Waals surface area contributed by atoms with Crippen molar-refractivity contribution in [2.24, 2.45) is 0 Å². The van der Waals surface area contributed by atoms with Crippen LogP contribution < -0.4 is 16.3 Å². The first-order valence-electron chi connectivity index (χ1n) is 7.42. The van der Waals surface area contributed by atoms with Gasteiger partial charge in [0.25, 0.3) is 0 Å². The molecule has 0 atom stereocenters. The fourth-order valence-electron chi connectivity index (χ4n) is 3.14. The van der Waals surface area contributed by atoms with E-state index in [1.807, 2.05) is 0 Å². The van der Waals surface area contributed by atoms with Crippen molar-refractivity contribution in [3.8, 4) is 0 Å². The van der Waals surface area contributed by atoms with Crippen molar-refractivity contribution in [3.05, 3.63) is 21.7 Å². The van der Waals surface area contributed by atoms with Crippen LogP contribution in [0.1, 0.15) is 43.4 Å². The summed E-state index contributed by atoms with van der Waals surface area (Å²) >= 11 is 0. The maximum atomic E-state index is 11.7. The third-order valence-corrected chi connectivity index (χ3v) is 4.17. The van der Waals surface area contributed by atoms with Crippen molar-refractivity contribution in [3.63, 3.8) is 0 Å². The Bertz CT molecular complexity index is 491. The molecule has 19 heavy (non-hydrogen) atoms. The van der Waals surface area contributed by atoms with E-state index in [0.29, 0.717) is 6.04 Å². The van der Waals surface area contributed by atoms with Gasteiger partial charge in [0.1, 0.15) is 5.82 Å². The summed E-state index contributed by atoms with van der Waals surface area (Å²) in [4.78, 5) is 18.8. The Balaban J connectivity index is 1.86. The van der Waals surface area contributed by atoms with E-state index in [0.717, 1.165) is 37.4 Å². The van der Waals surface area contributed by atoms with Gasteiger partial charge in [0.05, 0.1) is 0 Å². The van der Waals surface area contributed by atoms with Crippen LogP contribution >= 0.6 is 0 Å². The molecule has 0 unspecified atom stereocenters. The van der Waals surface area contributed by atoms with Crippen LogP contribution in [0.5, 0.6) is 0 Å². The molecule has 2 aliphatic rings. The zero-order chi connectivity index (χ0) is 13.1. The molecule has 1 aliphatic heterocycles. The maximum Gasteiger partial charge on any atom is 0.347 e. The van der Waals surface area contributed by atoms with Gasteiger partial charge in [-0.05, 0) is 25.8 Å². The lowest BCUT2D eigenvalue weighted by molar-refractivity contribution is 0.461. The van der Waals surface area contributed by atoms with Crippen LogP contribution in [-0.2, 0) is 12.8 Å². The Labute approximate surface area is 113 Å². The van der Waals surface area contributed by atoms with Gasteiger partial charge in [-0.2, -0.15) is 4.98 Å². The molecule has 0 aromatic carbocycles. The van der Waals surface area contributed by atoms with Gasteiger partial charge in [0.15, 0.2) is 0 Å². The van der Waals surface area contributed by atoms with Gasteiger partial charge in [0.2, 0.25) is 0 Å². The smallest absolute Gasteiger partial charge is 0.347 e. The summed E-state index contributed by atoms with van der Waals surface area (Å²) in [5.74, 6) is 0.828. The Morgan fingerprint density at radius 1 is 1.11 bits per heavy atom. The normalized spacial score (nSPS) is 20.6. The number of rotatable bonds is 2. The quantitative estimate of drug-likeness (QED) is 0.749. The molecule has 2 heterocycles. The lowest BCUT2D eigenvalue weighted by atomic mass is 9.95. The molecule has 0 radical (unpaired) electrons. The van der Waals surface area contributed by atoms with Crippen molar-refractivity contribution < 1.29 is 0 Å². The highest BCUT2D eigenvalue weighted by Gasteiger charge is 2.19. The van der Waals surface area contributed by atoms with E-state index in [1.54, 1.807) is 0 Å². The summed E-state index contributed by atoms with van der Waals surface area (Å²) in [5.41, 5.74) is 2.04. The highest BCUT2D eigenvalue weighted by Crippen LogP contribution is 2.23. The minimum atomic E-state index is -0.223. The fraction of sp³-hybridized carbons (Fsp3) is 0.714. The SMILES string of the molecule is O=c1nc(NC2CCCCC2)c2c([nH]1)CCNCC2. The predicted molar refractivity (Wildman–Crippen MR) is 75.6 cm³/mol. The Kier molecular flexibility index (Phi) is 3.82. The summed E-state index contributed by atoms with van der Waals surface area (Å²) in [6.45, 7) is 1.88. The first-order valence-corrected chi connectivity index (χ1v) is 7.42. The molecule has 3 N–H and O–H groups in total. The Hall–Kier alpha value is -1.36. The van der Waals surface area contributed by atoms with E-state index >= 15 is 0 Å². The van der Waals surface area contributed by atoms with Gasteiger partial charge in [-0.15, -0.1) is 0 Å². The minimum absolute atomic E-state index is 0.223. The average molecular weight is 262 g/mol. The van der Waals surface area contributed by atoms with E-state index in [-0.39, 0.29) is 5.69 Å². The second kappa shape index (κ2) is 5.74. The molecule has 3 rings (SSSR count). The van der Waals surface area contributed by atoms with Crippen LogP contribution in [0.15, 0.2) is 4.79 Å². The van der Waals surface area contributed by atoms with Crippen LogP contribution in [0, 0.1) is 0 Å². The third kappa shape index (κ3) is 2.97. The standard InChI is InChI=1S/C14H22N4O/c19-14-17-12-7-9-15-8-6-11(12)13(18-14)16-10-4-2-1-3-5-10/h10,15H,1-9H2,(H2,16,17,18,19). The third-order valence-electron chi connectivity index (χ3n) is 4.17. The molecule has 5 heteroatoms. The van der Waals surface area contributed by atoms with Gasteiger partial charge in [-0.25, -0.2) is 4.79 Å². The lowest BCUT2D eigenvalue weighted by Crippen LogP contribution is -2.27.